The molecule has 0 aliphatic rings. The molecule has 1 heterocycles. The topological polar surface area (TPSA) is 8.81 Å². The first-order chi connectivity index (χ1) is 22.3. The maximum absolute atomic E-state index is 2.64. The molecule has 266 valence electrons. The molecule has 2 nitrogen and oxygen atoms in total. The molecule has 1 aromatic heterocycles. The Morgan fingerprint density at radius 2 is 0.689 bits per heavy atom. The Morgan fingerprint density at radius 1 is 0.378 bits per heavy atom. The normalized spacial score (nSPS) is 11.6. The van der Waals surface area contributed by atoms with Gasteiger partial charge < -0.3 is 0 Å². The van der Waals surface area contributed by atoms with Gasteiger partial charge in [-0.3, -0.25) is 0 Å². The maximum atomic E-state index is 2.64. The summed E-state index contributed by atoms with van der Waals surface area (Å²) in [5.41, 5.74) is 0. The molecule has 45 heavy (non-hydrogen) atoms. The molecule has 0 fully saturated rings. The monoisotopic (exact) mass is 630 g/mol. The highest BCUT2D eigenvalue weighted by molar-refractivity contribution is 4.84. The van der Waals surface area contributed by atoms with Crippen LogP contribution >= 0.6 is 0 Å². The Labute approximate surface area is 285 Å². The van der Waals surface area contributed by atoms with E-state index in [1.54, 1.807) is 5.82 Å². The summed E-state index contributed by atoms with van der Waals surface area (Å²) in [5, 5.41) is 0. The number of hydrogen-bond donors (Lipinski definition) is 0. The molecule has 0 unspecified atom stereocenters. The van der Waals surface area contributed by atoms with Gasteiger partial charge in [0.05, 0.1) is 13.1 Å². The van der Waals surface area contributed by atoms with Crippen LogP contribution in [0.3, 0.4) is 0 Å². The summed E-state index contributed by atoms with van der Waals surface area (Å²) in [7, 11) is 0. The minimum Gasteiger partial charge on any atom is -0.234 e. The van der Waals surface area contributed by atoms with E-state index < -0.39 is 0 Å². The van der Waals surface area contributed by atoms with Crippen molar-refractivity contribution in [3.63, 3.8) is 0 Å². The third kappa shape index (κ3) is 26.9. The van der Waals surface area contributed by atoms with Crippen molar-refractivity contribution >= 4 is 0 Å². The second-order valence-corrected chi connectivity index (χ2v) is 14.8. The second kappa shape index (κ2) is 34.5. The predicted octanol–water partition coefficient (Wildman–Crippen LogP) is 14.6. The average molecular weight is 630 g/mol. The fourth-order valence-corrected chi connectivity index (χ4v) is 7.21. The van der Waals surface area contributed by atoms with Gasteiger partial charge in [0, 0.05) is 6.42 Å². The maximum Gasteiger partial charge on any atom is 0.256 e. The molecule has 1 aromatic rings. The van der Waals surface area contributed by atoms with E-state index in [4.69, 9.17) is 0 Å². The zero-order chi connectivity index (χ0) is 32.3. The standard InChI is InChI=1S/C43H85N2/c1-4-7-10-13-16-18-20-21-22-23-24-25-27-29-31-34-37-40-45-42-41-44(39-36-33-15-12-9-6-3)43(45)38-35-32-30-28-26-19-17-14-11-8-5-2/h41-42H,4-40H2,1-3H3/q+1. The van der Waals surface area contributed by atoms with E-state index in [2.05, 4.69) is 42.3 Å². The van der Waals surface area contributed by atoms with Crippen molar-refractivity contribution in [2.75, 3.05) is 0 Å². The fourth-order valence-electron chi connectivity index (χ4n) is 7.21. The smallest absolute Gasteiger partial charge is 0.234 e. The van der Waals surface area contributed by atoms with Crippen molar-refractivity contribution in [3.8, 4) is 0 Å². The SMILES string of the molecule is CCCCCCCCCCCCCCCCCCCn1cc[n+](CCCCCCCC)c1CCCCCCCCCCCCC. The van der Waals surface area contributed by atoms with Crippen LogP contribution in [0.15, 0.2) is 12.4 Å². The third-order valence-electron chi connectivity index (χ3n) is 10.3. The first-order valence-corrected chi connectivity index (χ1v) is 21.4. The van der Waals surface area contributed by atoms with Gasteiger partial charge >= 0.3 is 0 Å². The lowest BCUT2D eigenvalue weighted by Crippen LogP contribution is -2.37. The first-order valence-electron chi connectivity index (χ1n) is 21.4. The van der Waals surface area contributed by atoms with Crippen LogP contribution in [0.5, 0.6) is 0 Å². The van der Waals surface area contributed by atoms with Crippen LogP contribution in [0, 0.1) is 0 Å². The average Bonchev–Trinajstić information content (AvgIpc) is 3.43. The molecule has 0 amide bonds. The van der Waals surface area contributed by atoms with Crippen LogP contribution < -0.4 is 4.57 Å². The first kappa shape index (κ1) is 42.2. The van der Waals surface area contributed by atoms with E-state index in [1.165, 1.54) is 238 Å². The molecular weight excluding hydrogens is 544 g/mol. The number of imidazole rings is 1. The van der Waals surface area contributed by atoms with Crippen LogP contribution in [0.1, 0.15) is 245 Å². The summed E-state index contributed by atoms with van der Waals surface area (Å²) in [5.74, 6) is 1.62. The van der Waals surface area contributed by atoms with E-state index in [0.717, 1.165) is 0 Å². The zero-order valence-corrected chi connectivity index (χ0v) is 31.7. The lowest BCUT2D eigenvalue weighted by atomic mass is 10.0. The summed E-state index contributed by atoms with van der Waals surface area (Å²) >= 11 is 0. The van der Waals surface area contributed by atoms with E-state index in [1.807, 2.05) is 0 Å². The fraction of sp³-hybridized carbons (Fsp3) is 0.930. The quantitative estimate of drug-likeness (QED) is 0.0511. The number of aromatic nitrogens is 2. The lowest BCUT2D eigenvalue weighted by molar-refractivity contribution is -0.704. The molecule has 0 saturated carbocycles. The molecule has 0 aliphatic carbocycles. The molecule has 0 radical (unpaired) electrons. The van der Waals surface area contributed by atoms with Gasteiger partial charge in [-0.1, -0.05) is 207 Å². The van der Waals surface area contributed by atoms with Gasteiger partial charge in [-0.25, -0.2) is 9.13 Å². The van der Waals surface area contributed by atoms with Crippen molar-refractivity contribution < 1.29 is 4.57 Å². The zero-order valence-electron chi connectivity index (χ0n) is 31.7. The molecule has 0 saturated heterocycles. The highest BCUT2D eigenvalue weighted by atomic mass is 15.1. The highest BCUT2D eigenvalue weighted by Crippen LogP contribution is 2.16. The number of aryl methyl sites for hydroxylation is 2. The van der Waals surface area contributed by atoms with E-state index >= 15 is 0 Å². The largest absolute Gasteiger partial charge is 0.256 e. The van der Waals surface area contributed by atoms with Gasteiger partial charge in [0.2, 0.25) is 0 Å². The Kier molecular flexibility index (Phi) is 32.4. The molecule has 1 rings (SSSR count). The van der Waals surface area contributed by atoms with Gasteiger partial charge in [0.15, 0.2) is 0 Å². The number of hydrogen-bond acceptors (Lipinski definition) is 0. The molecule has 0 atom stereocenters. The molecular formula is C43H85N2+. The minimum absolute atomic E-state index is 1.23. The van der Waals surface area contributed by atoms with Crippen molar-refractivity contribution in [1.82, 2.24) is 4.57 Å². The van der Waals surface area contributed by atoms with Gasteiger partial charge in [0.1, 0.15) is 12.4 Å². The molecule has 0 bridgehead atoms. The van der Waals surface area contributed by atoms with Crippen LogP contribution in [0.25, 0.3) is 0 Å². The van der Waals surface area contributed by atoms with E-state index in [-0.39, 0.29) is 0 Å². The van der Waals surface area contributed by atoms with Crippen molar-refractivity contribution in [3.05, 3.63) is 18.2 Å². The van der Waals surface area contributed by atoms with Crippen molar-refractivity contribution in [2.45, 2.75) is 259 Å². The summed E-state index contributed by atoms with van der Waals surface area (Å²) in [6.07, 6.45) is 54.9. The molecule has 0 N–H and O–H groups in total. The second-order valence-electron chi connectivity index (χ2n) is 14.8. The lowest BCUT2D eigenvalue weighted by Gasteiger charge is -2.07. The molecule has 0 aliphatic heterocycles. The van der Waals surface area contributed by atoms with E-state index in [0.29, 0.717) is 0 Å². The summed E-state index contributed by atoms with van der Waals surface area (Å²) in [6, 6.07) is 0. The summed E-state index contributed by atoms with van der Waals surface area (Å²) in [4.78, 5) is 0. The molecule has 0 aromatic carbocycles. The number of rotatable bonds is 37. The van der Waals surface area contributed by atoms with Crippen LogP contribution in [0.2, 0.25) is 0 Å². The van der Waals surface area contributed by atoms with E-state index in [9.17, 15) is 0 Å². The number of unbranched alkanes of at least 4 members (excludes halogenated alkanes) is 31. The van der Waals surface area contributed by atoms with Gasteiger partial charge in [-0.2, -0.15) is 0 Å². The van der Waals surface area contributed by atoms with Crippen molar-refractivity contribution in [2.24, 2.45) is 0 Å². The van der Waals surface area contributed by atoms with Crippen LogP contribution in [-0.2, 0) is 19.5 Å². The third-order valence-corrected chi connectivity index (χ3v) is 10.3. The summed E-state index contributed by atoms with van der Waals surface area (Å²) < 4.78 is 5.27. The van der Waals surface area contributed by atoms with Crippen LogP contribution in [-0.4, -0.2) is 4.57 Å². The Bertz CT molecular complexity index is 692. The molecule has 0 spiro atoms. The molecule has 2 heteroatoms. The summed E-state index contributed by atoms with van der Waals surface area (Å²) in [6.45, 7) is 9.40. The highest BCUT2D eigenvalue weighted by Gasteiger charge is 2.16. The van der Waals surface area contributed by atoms with Gasteiger partial charge in [-0.05, 0) is 32.1 Å². The van der Waals surface area contributed by atoms with Crippen LogP contribution in [0.4, 0.5) is 0 Å². The predicted molar refractivity (Wildman–Crippen MR) is 202 cm³/mol. The Hall–Kier alpha value is -0.790. The van der Waals surface area contributed by atoms with Crippen molar-refractivity contribution in [1.29, 1.82) is 0 Å². The van der Waals surface area contributed by atoms with Gasteiger partial charge in [-0.15, -0.1) is 0 Å². The Morgan fingerprint density at radius 3 is 1.07 bits per heavy atom. The van der Waals surface area contributed by atoms with Gasteiger partial charge in [0.25, 0.3) is 5.82 Å². The number of nitrogens with zero attached hydrogens (tertiary/aromatic N) is 2. The Balaban J connectivity index is 2.19. The minimum atomic E-state index is 1.23.